The van der Waals surface area contributed by atoms with Crippen molar-refractivity contribution < 1.29 is 19.4 Å². The van der Waals surface area contributed by atoms with E-state index in [-0.39, 0.29) is 29.8 Å². The van der Waals surface area contributed by atoms with E-state index >= 15 is 0 Å². The van der Waals surface area contributed by atoms with Crippen molar-refractivity contribution in [2.45, 2.75) is 55.3 Å². The summed E-state index contributed by atoms with van der Waals surface area (Å²) in [7, 11) is 2.04. The van der Waals surface area contributed by atoms with Gasteiger partial charge >= 0.3 is 5.69 Å². The van der Waals surface area contributed by atoms with E-state index in [1.54, 1.807) is 12.3 Å². The van der Waals surface area contributed by atoms with E-state index in [1.807, 2.05) is 37.4 Å². The Morgan fingerprint density at radius 2 is 2.00 bits per heavy atom. The van der Waals surface area contributed by atoms with Crippen LogP contribution in [-0.2, 0) is 23.1 Å². The third kappa shape index (κ3) is 3.39. The smallest absolute Gasteiger partial charge is 0.344 e. The number of likely N-dealkylation sites (N-methyl/N-ethyl adjacent to an activating group) is 1. The monoisotopic (exact) mass is 526 g/mol. The summed E-state index contributed by atoms with van der Waals surface area (Å²) >= 11 is 0. The third-order valence-corrected chi connectivity index (χ3v) is 9.45. The van der Waals surface area contributed by atoms with E-state index in [0.717, 1.165) is 34.4 Å². The number of ether oxygens (including phenoxy) is 1. The standard InChI is InChI=1S/C30H30N4O5/c1-34-13-11-29-24-19-6-7-21(25(24)39-26(29)22(35)8-10-30(29,38)23(34)14-19)27(36)31-12-9-17-2-4-18(5-3-17)20-15-32-28(37)33-16-20/h2-7,15-16,23,26,38H,8-14H2,1H3,(H,31,36)(H,32,33,37)/t23-,26+,29+,30-/m1/s1. The van der Waals surface area contributed by atoms with Gasteiger partial charge in [0.2, 0.25) is 0 Å². The van der Waals surface area contributed by atoms with Crippen molar-refractivity contribution in [3.8, 4) is 16.9 Å². The number of hydrogen-bond donors (Lipinski definition) is 3. The molecule has 3 heterocycles. The van der Waals surface area contributed by atoms with E-state index in [1.165, 1.54) is 6.20 Å². The molecule has 39 heavy (non-hydrogen) atoms. The number of aromatic nitrogens is 2. The molecule has 9 heteroatoms. The van der Waals surface area contributed by atoms with Gasteiger partial charge < -0.3 is 25.0 Å². The Hall–Kier alpha value is -3.82. The molecule has 2 aliphatic carbocycles. The first-order valence-electron chi connectivity index (χ1n) is 13.5. The van der Waals surface area contributed by atoms with E-state index in [4.69, 9.17) is 4.74 Å². The fraction of sp³-hybridized carbons (Fsp3) is 0.400. The Morgan fingerprint density at radius 1 is 1.18 bits per heavy atom. The minimum atomic E-state index is -1.05. The molecule has 3 aromatic rings. The number of ketones is 1. The van der Waals surface area contributed by atoms with Crippen molar-refractivity contribution in [2.24, 2.45) is 0 Å². The summed E-state index contributed by atoms with van der Waals surface area (Å²) < 4.78 is 6.35. The van der Waals surface area contributed by atoms with Gasteiger partial charge in [-0.2, -0.15) is 0 Å². The molecule has 2 bridgehead atoms. The number of Topliss-reactive ketones (excluding diaryl/α,β-unsaturated/α-hetero) is 1. The Labute approximate surface area is 225 Å². The van der Waals surface area contributed by atoms with Gasteiger partial charge in [0.25, 0.3) is 5.91 Å². The number of amides is 1. The molecule has 1 amide bonds. The zero-order valence-corrected chi connectivity index (χ0v) is 21.7. The maximum Gasteiger partial charge on any atom is 0.344 e. The highest BCUT2D eigenvalue weighted by molar-refractivity contribution is 5.99. The molecule has 9 nitrogen and oxygen atoms in total. The van der Waals surface area contributed by atoms with Gasteiger partial charge in [-0.3, -0.25) is 9.59 Å². The van der Waals surface area contributed by atoms with E-state index in [9.17, 15) is 19.5 Å². The summed E-state index contributed by atoms with van der Waals surface area (Å²) in [4.78, 5) is 46.2. The first kappa shape index (κ1) is 24.2. The van der Waals surface area contributed by atoms with Crippen molar-refractivity contribution in [3.63, 3.8) is 0 Å². The van der Waals surface area contributed by atoms with Gasteiger partial charge in [0.1, 0.15) is 5.75 Å². The molecule has 4 aliphatic rings. The quantitative estimate of drug-likeness (QED) is 0.463. The normalized spacial score (nSPS) is 28.5. The predicted octanol–water partition coefficient (Wildman–Crippen LogP) is 1.76. The van der Waals surface area contributed by atoms with Crippen molar-refractivity contribution >= 4 is 11.7 Å². The van der Waals surface area contributed by atoms with Crippen LogP contribution in [0.1, 0.15) is 46.3 Å². The van der Waals surface area contributed by atoms with Crippen LogP contribution >= 0.6 is 0 Å². The van der Waals surface area contributed by atoms with Crippen LogP contribution in [0.4, 0.5) is 0 Å². The number of likely N-dealkylation sites (tertiary alicyclic amines) is 1. The highest BCUT2D eigenvalue weighted by Crippen LogP contribution is 2.63. The van der Waals surface area contributed by atoms with Gasteiger partial charge in [-0.25, -0.2) is 9.78 Å². The minimum Gasteiger partial charge on any atom is -0.480 e. The fourth-order valence-corrected chi connectivity index (χ4v) is 7.51. The number of rotatable bonds is 5. The van der Waals surface area contributed by atoms with Crippen LogP contribution < -0.4 is 15.7 Å². The van der Waals surface area contributed by atoms with Crippen LogP contribution in [0.2, 0.25) is 0 Å². The van der Waals surface area contributed by atoms with Gasteiger partial charge in [0.15, 0.2) is 11.9 Å². The van der Waals surface area contributed by atoms with Crippen LogP contribution in [0.15, 0.2) is 53.6 Å². The Balaban J connectivity index is 1.12. The van der Waals surface area contributed by atoms with Crippen LogP contribution in [0.25, 0.3) is 11.1 Å². The van der Waals surface area contributed by atoms with Crippen LogP contribution in [0.3, 0.4) is 0 Å². The SMILES string of the molecule is CN1CC[C@]23c4c5ccc(C(=O)NCCc6ccc(-c7cnc(=O)[nH]c7)cc6)c4O[C@H]2C(=O)CC[C@@]3(O)[C@H]1C5. The molecule has 1 aromatic heterocycles. The second-order valence-corrected chi connectivity index (χ2v) is 11.3. The summed E-state index contributed by atoms with van der Waals surface area (Å²) in [5, 5.41) is 15.1. The summed E-state index contributed by atoms with van der Waals surface area (Å²) in [5.41, 5.74) is 2.96. The Bertz CT molecular complexity index is 1550. The zero-order valence-electron chi connectivity index (χ0n) is 21.7. The summed E-state index contributed by atoms with van der Waals surface area (Å²) in [6, 6.07) is 11.6. The molecule has 200 valence electrons. The fourth-order valence-electron chi connectivity index (χ4n) is 7.51. The predicted molar refractivity (Wildman–Crippen MR) is 143 cm³/mol. The lowest BCUT2D eigenvalue weighted by Crippen LogP contribution is -2.76. The Kier molecular flexibility index (Phi) is 5.34. The van der Waals surface area contributed by atoms with Gasteiger partial charge in [0.05, 0.1) is 16.6 Å². The number of piperidine rings is 1. The van der Waals surface area contributed by atoms with E-state index in [0.29, 0.717) is 43.5 Å². The number of nitrogens with one attached hydrogen (secondary N) is 2. The van der Waals surface area contributed by atoms with E-state index < -0.39 is 17.1 Å². The molecular formula is C30H30N4O5. The minimum absolute atomic E-state index is 0.0134. The lowest BCUT2D eigenvalue weighted by atomic mass is 9.49. The topological polar surface area (TPSA) is 125 Å². The molecule has 1 saturated carbocycles. The molecule has 1 saturated heterocycles. The third-order valence-electron chi connectivity index (χ3n) is 9.45. The number of aliphatic hydroxyl groups is 1. The molecule has 4 atom stereocenters. The molecule has 3 N–H and O–H groups in total. The maximum absolute atomic E-state index is 13.4. The first-order chi connectivity index (χ1) is 18.8. The number of carbonyl (C=O) groups is 2. The molecule has 2 aromatic carbocycles. The lowest BCUT2D eigenvalue weighted by molar-refractivity contribution is -0.185. The number of carbonyl (C=O) groups excluding carboxylic acids is 2. The molecule has 0 unspecified atom stereocenters. The summed E-state index contributed by atoms with van der Waals surface area (Å²) in [6.07, 6.45) is 5.07. The van der Waals surface area contributed by atoms with Gasteiger partial charge in [0, 0.05) is 42.5 Å². The number of H-pyrrole nitrogens is 1. The largest absolute Gasteiger partial charge is 0.480 e. The van der Waals surface area contributed by atoms with Crippen molar-refractivity contribution in [1.82, 2.24) is 20.2 Å². The first-order valence-corrected chi connectivity index (χ1v) is 13.5. The summed E-state index contributed by atoms with van der Waals surface area (Å²) in [5.74, 6) is 0.245. The molecule has 1 spiro atoms. The van der Waals surface area contributed by atoms with E-state index in [2.05, 4.69) is 20.2 Å². The van der Waals surface area contributed by atoms with Gasteiger partial charge in [-0.15, -0.1) is 0 Å². The molecule has 0 radical (unpaired) electrons. The van der Waals surface area contributed by atoms with Crippen molar-refractivity contribution in [3.05, 3.63) is 81.5 Å². The number of hydrogen-bond acceptors (Lipinski definition) is 7. The van der Waals surface area contributed by atoms with Crippen molar-refractivity contribution in [2.75, 3.05) is 20.1 Å². The van der Waals surface area contributed by atoms with Gasteiger partial charge in [-0.05, 0) is 62.0 Å². The average molecular weight is 527 g/mol. The maximum atomic E-state index is 13.4. The van der Waals surface area contributed by atoms with Gasteiger partial charge in [-0.1, -0.05) is 30.3 Å². The van der Waals surface area contributed by atoms with Crippen LogP contribution in [-0.4, -0.2) is 69.5 Å². The average Bonchev–Trinajstić information content (AvgIpc) is 3.30. The van der Waals surface area contributed by atoms with Crippen molar-refractivity contribution in [1.29, 1.82) is 0 Å². The highest BCUT2D eigenvalue weighted by atomic mass is 16.5. The molecule has 2 fully saturated rings. The highest BCUT2D eigenvalue weighted by Gasteiger charge is 2.72. The molecule has 7 rings (SSSR count). The van der Waals surface area contributed by atoms with Crippen LogP contribution in [0.5, 0.6) is 5.75 Å². The second kappa shape index (κ2) is 8.59. The number of nitrogens with zero attached hydrogens (tertiary/aromatic N) is 2. The Morgan fingerprint density at radius 3 is 2.77 bits per heavy atom. The molecular weight excluding hydrogens is 496 g/mol. The number of benzene rings is 2. The van der Waals surface area contributed by atoms with Crippen LogP contribution in [0, 0.1) is 0 Å². The number of aromatic amines is 1. The second-order valence-electron chi connectivity index (χ2n) is 11.3. The summed E-state index contributed by atoms with van der Waals surface area (Å²) in [6.45, 7) is 1.20. The molecule has 2 aliphatic heterocycles. The zero-order chi connectivity index (χ0) is 26.9. The lowest BCUT2D eigenvalue weighted by Gasteiger charge is -2.62.